The number of nitrogens with zero attached hydrogens (tertiary/aromatic N) is 2. The number of piperidine rings is 1. The maximum Gasteiger partial charge on any atom is 0.255 e. The lowest BCUT2D eigenvalue weighted by molar-refractivity contribution is 0.0724. The molecule has 2 heterocycles. The highest BCUT2D eigenvalue weighted by atomic mass is 19.1. The molecule has 3 nitrogen and oxygen atoms in total. The number of amides is 1. The Labute approximate surface area is 128 Å². The molecule has 1 aliphatic rings. The average Bonchev–Trinajstić information content (AvgIpc) is 3.00. The van der Waals surface area contributed by atoms with E-state index in [0.717, 1.165) is 32.4 Å². The third-order valence-corrected chi connectivity index (χ3v) is 4.04. The molecule has 116 valence electrons. The van der Waals surface area contributed by atoms with Gasteiger partial charge in [-0.3, -0.25) is 4.79 Å². The van der Waals surface area contributed by atoms with Crippen molar-refractivity contribution in [1.82, 2.24) is 9.47 Å². The van der Waals surface area contributed by atoms with Crippen LogP contribution in [-0.2, 0) is 6.54 Å². The molecule has 0 bridgehead atoms. The third-order valence-electron chi connectivity index (χ3n) is 4.04. The molecule has 0 N–H and O–H groups in total. The van der Waals surface area contributed by atoms with Gasteiger partial charge in [0.05, 0.1) is 12.1 Å². The Morgan fingerprint density at radius 2 is 1.73 bits per heavy atom. The van der Waals surface area contributed by atoms with E-state index in [1.54, 1.807) is 23.0 Å². The first-order chi connectivity index (χ1) is 10.6. The Morgan fingerprint density at radius 1 is 1.05 bits per heavy atom. The van der Waals surface area contributed by atoms with Crippen molar-refractivity contribution < 1.29 is 13.6 Å². The fourth-order valence-electron chi connectivity index (χ4n) is 2.81. The molecule has 0 unspecified atom stereocenters. The number of hydrogen-bond donors (Lipinski definition) is 0. The number of hydrogen-bond acceptors (Lipinski definition) is 1. The summed E-state index contributed by atoms with van der Waals surface area (Å²) in [7, 11) is 0. The zero-order chi connectivity index (χ0) is 15.5. The van der Waals surface area contributed by atoms with Crippen LogP contribution < -0.4 is 0 Å². The van der Waals surface area contributed by atoms with E-state index in [9.17, 15) is 13.6 Å². The first-order valence-corrected chi connectivity index (χ1v) is 7.53. The smallest absolute Gasteiger partial charge is 0.255 e. The lowest BCUT2D eigenvalue weighted by Gasteiger charge is -2.26. The minimum atomic E-state index is -0.572. The van der Waals surface area contributed by atoms with Gasteiger partial charge >= 0.3 is 0 Å². The second-order valence-electron chi connectivity index (χ2n) is 5.63. The van der Waals surface area contributed by atoms with Crippen LogP contribution in [0.4, 0.5) is 8.78 Å². The molecule has 5 heteroatoms. The fourth-order valence-corrected chi connectivity index (χ4v) is 2.81. The summed E-state index contributed by atoms with van der Waals surface area (Å²) in [4.78, 5) is 14.2. The van der Waals surface area contributed by atoms with E-state index in [4.69, 9.17) is 0 Å². The molecule has 0 aliphatic carbocycles. The number of carbonyl (C=O) groups is 1. The van der Waals surface area contributed by atoms with Crippen LogP contribution in [0.5, 0.6) is 0 Å². The second-order valence-corrected chi connectivity index (χ2v) is 5.63. The molecule has 0 spiro atoms. The van der Waals surface area contributed by atoms with Crippen molar-refractivity contribution in [2.75, 3.05) is 13.1 Å². The minimum Gasteiger partial charge on any atom is -0.349 e. The number of rotatable bonds is 3. The molecule has 1 aromatic heterocycles. The van der Waals surface area contributed by atoms with Gasteiger partial charge in [-0.2, -0.15) is 0 Å². The van der Waals surface area contributed by atoms with Gasteiger partial charge in [0.25, 0.3) is 5.91 Å². The summed E-state index contributed by atoms with van der Waals surface area (Å²) in [5.41, 5.74) is 0.578. The van der Waals surface area contributed by atoms with E-state index in [1.807, 2.05) is 4.90 Å². The molecule has 0 saturated carbocycles. The Morgan fingerprint density at radius 3 is 2.41 bits per heavy atom. The van der Waals surface area contributed by atoms with Crippen molar-refractivity contribution in [3.05, 3.63) is 59.4 Å². The van der Waals surface area contributed by atoms with Crippen molar-refractivity contribution in [3.63, 3.8) is 0 Å². The van der Waals surface area contributed by atoms with Gasteiger partial charge in [0.15, 0.2) is 0 Å². The van der Waals surface area contributed by atoms with Crippen molar-refractivity contribution >= 4 is 5.91 Å². The number of carbonyl (C=O) groups excluding carboxylic acids is 1. The lowest BCUT2D eigenvalue weighted by Crippen LogP contribution is -2.35. The highest BCUT2D eigenvalue weighted by molar-refractivity contribution is 5.94. The van der Waals surface area contributed by atoms with E-state index in [2.05, 4.69) is 0 Å². The topological polar surface area (TPSA) is 25.2 Å². The van der Waals surface area contributed by atoms with Crippen molar-refractivity contribution in [2.24, 2.45) is 0 Å². The lowest BCUT2D eigenvalue weighted by atomic mass is 10.1. The van der Waals surface area contributed by atoms with E-state index >= 15 is 0 Å². The van der Waals surface area contributed by atoms with E-state index in [1.165, 1.54) is 18.2 Å². The third kappa shape index (κ3) is 3.03. The van der Waals surface area contributed by atoms with Crippen molar-refractivity contribution in [2.45, 2.75) is 25.8 Å². The quantitative estimate of drug-likeness (QED) is 0.852. The summed E-state index contributed by atoms with van der Waals surface area (Å²) in [6.45, 7) is 1.64. The number of halogens is 2. The monoisotopic (exact) mass is 304 g/mol. The molecule has 1 aromatic carbocycles. The molecule has 2 aromatic rings. The van der Waals surface area contributed by atoms with Crippen LogP contribution in [0.15, 0.2) is 36.7 Å². The zero-order valence-electron chi connectivity index (χ0n) is 12.3. The summed E-state index contributed by atoms with van der Waals surface area (Å²) in [5, 5.41) is 0. The van der Waals surface area contributed by atoms with Crippen LogP contribution in [-0.4, -0.2) is 28.5 Å². The summed E-state index contributed by atoms with van der Waals surface area (Å²) in [6, 6.07) is 5.52. The van der Waals surface area contributed by atoms with Crippen LogP contribution in [0, 0.1) is 11.6 Å². The SMILES string of the molecule is O=C(c1ccn(Cc2c(F)cccc2F)c1)N1CCCCC1. The second kappa shape index (κ2) is 6.30. The molecule has 1 fully saturated rings. The predicted octanol–water partition coefficient (Wildman–Crippen LogP) is 3.44. The molecule has 1 aliphatic heterocycles. The van der Waals surface area contributed by atoms with Crippen LogP contribution >= 0.6 is 0 Å². The van der Waals surface area contributed by atoms with Crippen LogP contribution in [0.3, 0.4) is 0 Å². The predicted molar refractivity (Wildman–Crippen MR) is 79.6 cm³/mol. The summed E-state index contributed by atoms with van der Waals surface area (Å²) in [6.07, 6.45) is 6.57. The number of likely N-dealkylation sites (tertiary alicyclic amines) is 1. The van der Waals surface area contributed by atoms with Gasteiger partial charge in [-0.15, -0.1) is 0 Å². The highest BCUT2D eigenvalue weighted by Gasteiger charge is 2.19. The van der Waals surface area contributed by atoms with Crippen molar-refractivity contribution in [1.29, 1.82) is 0 Å². The summed E-state index contributed by atoms with van der Waals surface area (Å²) in [5.74, 6) is -1.15. The molecule has 0 radical (unpaired) electrons. The van der Waals surface area contributed by atoms with Gasteiger partial charge < -0.3 is 9.47 Å². The summed E-state index contributed by atoms with van der Waals surface area (Å²) >= 11 is 0. The van der Waals surface area contributed by atoms with Gasteiger partial charge in [0.1, 0.15) is 11.6 Å². The van der Waals surface area contributed by atoms with Crippen LogP contribution in [0.1, 0.15) is 35.2 Å². The average molecular weight is 304 g/mol. The Hall–Kier alpha value is -2.17. The minimum absolute atomic E-state index is 0.00699. The van der Waals surface area contributed by atoms with Crippen molar-refractivity contribution in [3.8, 4) is 0 Å². The summed E-state index contributed by atoms with van der Waals surface area (Å²) < 4.78 is 29.0. The normalized spacial score (nSPS) is 15.1. The Balaban J connectivity index is 1.75. The fraction of sp³-hybridized carbons (Fsp3) is 0.353. The Kier molecular flexibility index (Phi) is 4.22. The van der Waals surface area contributed by atoms with E-state index in [-0.39, 0.29) is 18.0 Å². The van der Waals surface area contributed by atoms with Gasteiger partial charge in [-0.05, 0) is 37.5 Å². The van der Waals surface area contributed by atoms with Gasteiger partial charge in [-0.1, -0.05) is 6.07 Å². The number of aromatic nitrogens is 1. The van der Waals surface area contributed by atoms with Gasteiger partial charge in [0.2, 0.25) is 0 Å². The van der Waals surface area contributed by atoms with Gasteiger partial charge in [-0.25, -0.2) is 8.78 Å². The number of benzene rings is 1. The molecule has 1 saturated heterocycles. The molecule has 0 atom stereocenters. The standard InChI is InChI=1S/C17H18F2N2O/c18-15-5-4-6-16(19)14(15)12-20-10-7-13(11-20)17(22)21-8-2-1-3-9-21/h4-7,10-11H,1-3,8-9,12H2. The van der Waals surface area contributed by atoms with Crippen LogP contribution in [0.2, 0.25) is 0 Å². The first kappa shape index (κ1) is 14.8. The molecular formula is C17H18F2N2O. The molecule has 22 heavy (non-hydrogen) atoms. The maximum atomic E-state index is 13.7. The Bertz CT molecular complexity index is 655. The molecular weight excluding hydrogens is 286 g/mol. The zero-order valence-corrected chi connectivity index (χ0v) is 12.3. The molecule has 3 rings (SSSR count). The van der Waals surface area contributed by atoms with Crippen LogP contribution in [0.25, 0.3) is 0 Å². The largest absolute Gasteiger partial charge is 0.349 e. The van der Waals surface area contributed by atoms with Gasteiger partial charge in [0, 0.05) is 31.0 Å². The van der Waals surface area contributed by atoms with E-state index < -0.39 is 11.6 Å². The van der Waals surface area contributed by atoms with E-state index in [0.29, 0.717) is 5.56 Å². The molecule has 1 amide bonds. The first-order valence-electron chi connectivity index (χ1n) is 7.53. The maximum absolute atomic E-state index is 13.7. The highest BCUT2D eigenvalue weighted by Crippen LogP contribution is 2.16.